The van der Waals surface area contributed by atoms with Crippen LogP contribution in [0.2, 0.25) is 0 Å². The normalized spacial score (nSPS) is 20.1. The number of likely N-dealkylation sites (N-methyl/N-ethyl adjacent to an activating group) is 1. The molecule has 0 aromatic heterocycles. The van der Waals surface area contributed by atoms with Crippen molar-refractivity contribution in [1.82, 2.24) is 4.90 Å². The lowest BCUT2D eigenvalue weighted by Gasteiger charge is -2.32. The second-order valence-corrected chi connectivity index (χ2v) is 7.37. The molecule has 1 heterocycles. The summed E-state index contributed by atoms with van der Waals surface area (Å²) >= 11 is 0. The lowest BCUT2D eigenvalue weighted by Crippen LogP contribution is -2.44. The standard InChI is InChI=1S/C21H22F3N3O/c1-26(19-8-7-17(12-25)11-18(19)21(22,23)24)14-20(28)9-10-27(15-20)13-16-5-3-2-4-6-16/h2-8,11,28H,9-10,13-15H2,1H3. The summed E-state index contributed by atoms with van der Waals surface area (Å²) in [6.45, 7) is 1.84. The summed E-state index contributed by atoms with van der Waals surface area (Å²) in [7, 11) is 1.54. The van der Waals surface area contributed by atoms with Gasteiger partial charge in [0.05, 0.1) is 22.8 Å². The summed E-state index contributed by atoms with van der Waals surface area (Å²) in [6.07, 6.45) is -4.09. The number of rotatable bonds is 5. The Morgan fingerprint density at radius 3 is 2.57 bits per heavy atom. The molecule has 0 radical (unpaired) electrons. The molecule has 2 aromatic carbocycles. The second-order valence-electron chi connectivity index (χ2n) is 7.37. The molecule has 1 N–H and O–H groups in total. The first-order valence-electron chi connectivity index (χ1n) is 9.01. The van der Waals surface area contributed by atoms with E-state index >= 15 is 0 Å². The van der Waals surface area contributed by atoms with E-state index in [0.717, 1.165) is 11.6 Å². The van der Waals surface area contributed by atoms with Crippen LogP contribution in [-0.4, -0.2) is 42.3 Å². The largest absolute Gasteiger partial charge is 0.418 e. The van der Waals surface area contributed by atoms with Crippen LogP contribution in [0.5, 0.6) is 0 Å². The van der Waals surface area contributed by atoms with Gasteiger partial charge in [0, 0.05) is 38.9 Å². The average Bonchev–Trinajstić information content (AvgIpc) is 3.01. The first kappa shape index (κ1) is 20.2. The Labute approximate surface area is 162 Å². The quantitative estimate of drug-likeness (QED) is 0.848. The van der Waals surface area contributed by atoms with Gasteiger partial charge in [-0.3, -0.25) is 4.90 Å². The number of likely N-dealkylation sites (tertiary alicyclic amines) is 1. The minimum Gasteiger partial charge on any atom is -0.387 e. The van der Waals surface area contributed by atoms with E-state index in [1.165, 1.54) is 24.1 Å². The zero-order valence-corrected chi connectivity index (χ0v) is 15.6. The number of benzene rings is 2. The van der Waals surface area contributed by atoms with Crippen molar-refractivity contribution < 1.29 is 18.3 Å². The first-order chi connectivity index (χ1) is 13.2. The van der Waals surface area contributed by atoms with E-state index in [9.17, 15) is 18.3 Å². The maximum atomic E-state index is 13.4. The van der Waals surface area contributed by atoms with Gasteiger partial charge in [-0.15, -0.1) is 0 Å². The van der Waals surface area contributed by atoms with Crippen molar-refractivity contribution in [2.75, 3.05) is 31.6 Å². The molecule has 1 fully saturated rings. The molecule has 0 amide bonds. The molecule has 1 saturated heterocycles. The van der Waals surface area contributed by atoms with Crippen molar-refractivity contribution in [2.24, 2.45) is 0 Å². The number of β-amino-alcohol motifs (C(OH)–C–C–N with tert-alkyl or cyclic N) is 1. The molecule has 0 aliphatic carbocycles. The highest BCUT2D eigenvalue weighted by molar-refractivity contribution is 5.58. The maximum Gasteiger partial charge on any atom is 0.418 e. The summed E-state index contributed by atoms with van der Waals surface area (Å²) in [5, 5.41) is 19.9. The van der Waals surface area contributed by atoms with Crippen molar-refractivity contribution in [3.05, 3.63) is 65.2 Å². The summed E-state index contributed by atoms with van der Waals surface area (Å²) in [4.78, 5) is 3.53. The molecule has 1 unspecified atom stereocenters. The van der Waals surface area contributed by atoms with Crippen LogP contribution in [0.3, 0.4) is 0 Å². The predicted molar refractivity (Wildman–Crippen MR) is 101 cm³/mol. The molecule has 1 aliphatic rings. The molecule has 1 atom stereocenters. The van der Waals surface area contributed by atoms with E-state index in [1.54, 1.807) is 6.07 Å². The molecule has 2 aromatic rings. The number of aliphatic hydroxyl groups is 1. The molecular weight excluding hydrogens is 367 g/mol. The van der Waals surface area contributed by atoms with Crippen LogP contribution in [0.25, 0.3) is 0 Å². The van der Waals surface area contributed by atoms with E-state index in [0.29, 0.717) is 26.1 Å². The number of hydrogen-bond donors (Lipinski definition) is 1. The Kier molecular flexibility index (Phi) is 5.64. The number of halogens is 3. The number of anilines is 1. The Balaban J connectivity index is 1.73. The van der Waals surface area contributed by atoms with E-state index in [1.807, 2.05) is 30.3 Å². The highest BCUT2D eigenvalue weighted by atomic mass is 19.4. The molecule has 1 aliphatic heterocycles. The van der Waals surface area contributed by atoms with E-state index in [4.69, 9.17) is 5.26 Å². The van der Waals surface area contributed by atoms with Crippen LogP contribution in [-0.2, 0) is 12.7 Å². The molecule has 0 saturated carbocycles. The molecule has 28 heavy (non-hydrogen) atoms. The van der Waals surface area contributed by atoms with Crippen LogP contribution in [0, 0.1) is 11.3 Å². The third-order valence-electron chi connectivity index (χ3n) is 5.03. The molecular formula is C21H22F3N3O. The van der Waals surface area contributed by atoms with Gasteiger partial charge < -0.3 is 10.0 Å². The van der Waals surface area contributed by atoms with Crippen LogP contribution in [0.1, 0.15) is 23.1 Å². The summed E-state index contributed by atoms with van der Waals surface area (Å²) in [6, 6.07) is 15.1. The van der Waals surface area contributed by atoms with Crippen molar-refractivity contribution in [3.63, 3.8) is 0 Å². The molecule has 0 spiro atoms. The highest BCUT2D eigenvalue weighted by Gasteiger charge is 2.39. The Morgan fingerprint density at radius 1 is 1.21 bits per heavy atom. The fourth-order valence-electron chi connectivity index (χ4n) is 3.74. The number of hydrogen-bond acceptors (Lipinski definition) is 4. The lowest BCUT2D eigenvalue weighted by molar-refractivity contribution is -0.137. The third kappa shape index (κ3) is 4.64. The van der Waals surface area contributed by atoms with Crippen molar-refractivity contribution in [1.29, 1.82) is 5.26 Å². The van der Waals surface area contributed by atoms with Gasteiger partial charge in [-0.25, -0.2) is 0 Å². The molecule has 4 nitrogen and oxygen atoms in total. The van der Waals surface area contributed by atoms with Crippen LogP contribution >= 0.6 is 0 Å². The molecule has 0 bridgehead atoms. The summed E-state index contributed by atoms with van der Waals surface area (Å²) in [5.74, 6) is 0. The maximum absolute atomic E-state index is 13.4. The van der Waals surface area contributed by atoms with Gasteiger partial charge in [0.25, 0.3) is 0 Å². The zero-order valence-electron chi connectivity index (χ0n) is 15.6. The number of nitriles is 1. The van der Waals surface area contributed by atoms with Crippen molar-refractivity contribution in [2.45, 2.75) is 24.7 Å². The Bertz CT molecular complexity index is 863. The minimum absolute atomic E-state index is 0.0403. The number of alkyl halides is 3. The SMILES string of the molecule is CN(CC1(O)CCN(Cc2ccccc2)C1)c1ccc(C#N)cc1C(F)(F)F. The molecule has 148 valence electrons. The summed E-state index contributed by atoms with van der Waals surface area (Å²) in [5.41, 5.74) is -0.914. The van der Waals surface area contributed by atoms with E-state index < -0.39 is 17.3 Å². The number of nitrogens with zero attached hydrogens (tertiary/aromatic N) is 3. The van der Waals surface area contributed by atoms with Gasteiger partial charge in [0.2, 0.25) is 0 Å². The third-order valence-corrected chi connectivity index (χ3v) is 5.03. The molecule has 7 heteroatoms. The van der Waals surface area contributed by atoms with E-state index in [2.05, 4.69) is 4.90 Å². The van der Waals surface area contributed by atoms with Gasteiger partial charge >= 0.3 is 6.18 Å². The average molecular weight is 389 g/mol. The lowest BCUT2D eigenvalue weighted by atomic mass is 10.0. The van der Waals surface area contributed by atoms with Gasteiger partial charge in [-0.1, -0.05) is 30.3 Å². The Morgan fingerprint density at radius 2 is 1.93 bits per heavy atom. The summed E-state index contributed by atoms with van der Waals surface area (Å²) < 4.78 is 40.3. The Hall–Kier alpha value is -2.56. The van der Waals surface area contributed by atoms with Crippen LogP contribution in [0.4, 0.5) is 18.9 Å². The zero-order chi connectivity index (χ0) is 20.4. The molecule has 3 rings (SSSR count). The second kappa shape index (κ2) is 7.82. The monoisotopic (exact) mass is 389 g/mol. The van der Waals surface area contributed by atoms with Gasteiger partial charge in [0.15, 0.2) is 0 Å². The fourth-order valence-corrected chi connectivity index (χ4v) is 3.74. The van der Waals surface area contributed by atoms with Crippen LogP contribution in [0.15, 0.2) is 48.5 Å². The van der Waals surface area contributed by atoms with E-state index in [-0.39, 0.29) is 17.8 Å². The first-order valence-corrected chi connectivity index (χ1v) is 9.01. The van der Waals surface area contributed by atoms with Crippen molar-refractivity contribution >= 4 is 5.69 Å². The van der Waals surface area contributed by atoms with Gasteiger partial charge in [0.1, 0.15) is 0 Å². The highest BCUT2D eigenvalue weighted by Crippen LogP contribution is 2.37. The van der Waals surface area contributed by atoms with Gasteiger partial charge in [-0.2, -0.15) is 18.4 Å². The topological polar surface area (TPSA) is 50.5 Å². The van der Waals surface area contributed by atoms with Crippen molar-refractivity contribution in [3.8, 4) is 6.07 Å². The van der Waals surface area contributed by atoms with Crippen LogP contribution < -0.4 is 4.90 Å². The smallest absolute Gasteiger partial charge is 0.387 e. The fraction of sp³-hybridized carbons (Fsp3) is 0.381. The van der Waals surface area contributed by atoms with Gasteiger partial charge in [-0.05, 0) is 30.2 Å². The minimum atomic E-state index is -4.58. The predicted octanol–water partition coefficient (Wildman–Crippen LogP) is 3.65.